The van der Waals surface area contributed by atoms with Crippen LogP contribution in [0, 0.1) is 0 Å². The zero-order valence-electron chi connectivity index (χ0n) is 14.6. The highest BCUT2D eigenvalue weighted by Crippen LogP contribution is 2.46. The van der Waals surface area contributed by atoms with Gasteiger partial charge in [-0.05, 0) is 59.2 Å². The molecule has 0 amide bonds. The third-order valence-electron chi connectivity index (χ3n) is 4.20. The first-order valence-corrected chi connectivity index (χ1v) is 9.49. The highest BCUT2D eigenvalue weighted by Gasteiger charge is 2.35. The summed E-state index contributed by atoms with van der Waals surface area (Å²) in [5.41, 5.74) is 1.83. The van der Waals surface area contributed by atoms with Crippen LogP contribution < -0.4 is 9.47 Å². The average Bonchev–Trinajstić information content (AvgIpc) is 2.60. The van der Waals surface area contributed by atoms with Crippen LogP contribution in [-0.2, 0) is 0 Å². The average molecular weight is 434 g/mol. The van der Waals surface area contributed by atoms with E-state index in [1.165, 1.54) is 0 Å². The predicted octanol–water partition coefficient (Wildman–Crippen LogP) is 5.31. The lowest BCUT2D eigenvalue weighted by atomic mass is 9.92. The molecule has 2 rings (SSSR count). The minimum Gasteiger partial charge on any atom is -0.497 e. The molecule has 2 aromatic rings. The summed E-state index contributed by atoms with van der Waals surface area (Å²) in [6.45, 7) is 4.23. The fourth-order valence-electron chi connectivity index (χ4n) is 2.75. The molecule has 0 aliphatic carbocycles. The van der Waals surface area contributed by atoms with Crippen LogP contribution in [0.25, 0.3) is 0 Å². The maximum Gasteiger partial charge on any atom is 0.201 e. The van der Waals surface area contributed by atoms with Gasteiger partial charge in [-0.15, -0.1) is 0 Å². The number of benzene rings is 2. The van der Waals surface area contributed by atoms with Crippen molar-refractivity contribution < 1.29 is 9.47 Å². The summed E-state index contributed by atoms with van der Waals surface area (Å²) in [6.07, 6.45) is 2.17. The Morgan fingerprint density at radius 1 is 0.808 bits per heavy atom. The van der Waals surface area contributed by atoms with Crippen LogP contribution >= 0.6 is 34.8 Å². The van der Waals surface area contributed by atoms with E-state index in [1.807, 2.05) is 48.5 Å². The molecule has 0 bridgehead atoms. The van der Waals surface area contributed by atoms with E-state index in [1.54, 1.807) is 7.11 Å². The molecule has 0 saturated carbocycles. The fraction of sp³-hybridized carbons (Fsp3) is 0.400. The summed E-state index contributed by atoms with van der Waals surface area (Å²) < 4.78 is 9.69. The molecule has 0 radical (unpaired) electrons. The molecular weight excluding hydrogens is 407 g/mol. The van der Waals surface area contributed by atoms with Crippen LogP contribution in [0.15, 0.2) is 48.5 Å². The molecule has 1 unspecified atom stereocenters. The maximum atomic E-state index is 6.28. The molecule has 0 fully saturated rings. The Labute approximate surface area is 175 Å². The van der Waals surface area contributed by atoms with Gasteiger partial charge in [-0.1, -0.05) is 72.9 Å². The van der Waals surface area contributed by atoms with E-state index in [9.17, 15) is 0 Å². The Hall–Kier alpha value is -0.873. The molecule has 0 aromatic heterocycles. The van der Waals surface area contributed by atoms with Crippen molar-refractivity contribution >= 4 is 45.8 Å². The molecule has 2 nitrogen and oxygen atoms in total. The quantitative estimate of drug-likeness (QED) is 0.435. The third-order valence-corrected chi connectivity index (χ3v) is 4.86. The first-order valence-electron chi connectivity index (χ1n) is 8.36. The highest BCUT2D eigenvalue weighted by molar-refractivity contribution is 6.68. The van der Waals surface area contributed by atoms with E-state index in [0.29, 0.717) is 0 Å². The minimum atomic E-state index is -1.47. The van der Waals surface area contributed by atoms with Crippen LogP contribution in [0.5, 0.6) is 11.5 Å². The van der Waals surface area contributed by atoms with Crippen molar-refractivity contribution in [1.82, 2.24) is 0 Å². The van der Waals surface area contributed by atoms with Gasteiger partial charge in [-0.2, -0.15) is 0 Å². The van der Waals surface area contributed by atoms with Gasteiger partial charge < -0.3 is 9.47 Å². The molecule has 0 saturated heterocycles. The van der Waals surface area contributed by atoms with Crippen molar-refractivity contribution in [2.24, 2.45) is 0 Å². The first kappa shape index (κ1) is 23.2. The number of ether oxygens (including phenoxy) is 2. The van der Waals surface area contributed by atoms with Crippen molar-refractivity contribution in [2.45, 2.75) is 42.5 Å². The zero-order chi connectivity index (χ0) is 18.4. The summed E-state index contributed by atoms with van der Waals surface area (Å²) in [4.78, 5) is 0. The molecule has 1 atom stereocenters. The number of rotatable bonds is 7. The fourth-order valence-corrected chi connectivity index (χ4v) is 3.51. The van der Waals surface area contributed by atoms with Gasteiger partial charge in [0.2, 0.25) is 3.79 Å². The SMILES string of the molecule is CCC(CC)Oc1ccc(C(c2ccc(OC)cc2)C(Cl)(Cl)Cl)cc1.[SiH4]. The van der Waals surface area contributed by atoms with Gasteiger partial charge >= 0.3 is 0 Å². The predicted molar refractivity (Wildman–Crippen MR) is 118 cm³/mol. The van der Waals surface area contributed by atoms with E-state index in [0.717, 1.165) is 35.5 Å². The highest BCUT2D eigenvalue weighted by atomic mass is 35.6. The second kappa shape index (κ2) is 10.5. The molecule has 6 heteroatoms. The summed E-state index contributed by atoms with van der Waals surface area (Å²) in [5, 5.41) is 0. The Bertz CT molecular complexity index is 650. The second-order valence-electron chi connectivity index (χ2n) is 5.87. The Morgan fingerprint density at radius 3 is 1.58 bits per heavy atom. The number of hydrogen-bond donors (Lipinski definition) is 0. The number of hydrogen-bond acceptors (Lipinski definition) is 2. The molecule has 0 spiro atoms. The van der Waals surface area contributed by atoms with Gasteiger partial charge in [0.15, 0.2) is 0 Å². The Balaban J connectivity index is 0.00000338. The number of halogens is 3. The number of methoxy groups -OCH3 is 1. The lowest BCUT2D eigenvalue weighted by molar-refractivity contribution is 0.193. The van der Waals surface area contributed by atoms with Crippen LogP contribution in [0.3, 0.4) is 0 Å². The third kappa shape index (κ3) is 6.09. The van der Waals surface area contributed by atoms with Crippen molar-refractivity contribution in [3.63, 3.8) is 0 Å². The molecule has 0 aliphatic heterocycles. The van der Waals surface area contributed by atoms with Gasteiger partial charge in [0.05, 0.1) is 19.1 Å². The molecule has 0 heterocycles. The van der Waals surface area contributed by atoms with Crippen molar-refractivity contribution in [1.29, 1.82) is 0 Å². The minimum absolute atomic E-state index is 0. The van der Waals surface area contributed by atoms with E-state index >= 15 is 0 Å². The second-order valence-corrected chi connectivity index (χ2v) is 8.24. The van der Waals surface area contributed by atoms with Crippen molar-refractivity contribution in [2.75, 3.05) is 7.11 Å². The Kier molecular flexibility index (Phi) is 9.32. The van der Waals surface area contributed by atoms with Gasteiger partial charge in [-0.3, -0.25) is 0 Å². The van der Waals surface area contributed by atoms with E-state index < -0.39 is 3.79 Å². The summed E-state index contributed by atoms with van der Waals surface area (Å²) in [7, 11) is 1.63. The van der Waals surface area contributed by atoms with E-state index in [4.69, 9.17) is 44.3 Å². The molecule has 26 heavy (non-hydrogen) atoms. The standard InChI is InChI=1S/C20H23Cl3O2.H4Si/c1-4-16(5-2)25-18-12-8-15(9-13-18)19(20(21,22)23)14-6-10-17(24-3)11-7-14;/h6-13,16,19H,4-5H2,1-3H3;1H4. The van der Waals surface area contributed by atoms with Gasteiger partial charge in [0.1, 0.15) is 11.5 Å². The number of alkyl halides is 3. The summed E-state index contributed by atoms with van der Waals surface area (Å²) >= 11 is 18.8. The van der Waals surface area contributed by atoms with E-state index in [-0.39, 0.29) is 23.0 Å². The first-order chi connectivity index (χ1) is 11.9. The van der Waals surface area contributed by atoms with E-state index in [2.05, 4.69) is 13.8 Å². The molecular formula is C20H27Cl3O2Si. The smallest absolute Gasteiger partial charge is 0.201 e. The summed E-state index contributed by atoms with van der Waals surface area (Å²) in [6, 6.07) is 15.3. The summed E-state index contributed by atoms with van der Waals surface area (Å²) in [5.74, 6) is 1.21. The maximum absolute atomic E-state index is 6.28. The van der Waals surface area contributed by atoms with Crippen LogP contribution in [0.1, 0.15) is 43.7 Å². The van der Waals surface area contributed by atoms with Crippen molar-refractivity contribution in [3.05, 3.63) is 59.7 Å². The van der Waals surface area contributed by atoms with Crippen LogP contribution in [0.4, 0.5) is 0 Å². The van der Waals surface area contributed by atoms with Gasteiger partial charge in [0, 0.05) is 0 Å². The topological polar surface area (TPSA) is 18.5 Å². The van der Waals surface area contributed by atoms with Crippen LogP contribution in [-0.4, -0.2) is 28.0 Å². The monoisotopic (exact) mass is 432 g/mol. The Morgan fingerprint density at radius 2 is 1.23 bits per heavy atom. The van der Waals surface area contributed by atoms with Gasteiger partial charge in [0.25, 0.3) is 0 Å². The molecule has 0 N–H and O–H groups in total. The zero-order valence-corrected chi connectivity index (χ0v) is 16.9. The lowest BCUT2D eigenvalue weighted by Crippen LogP contribution is -2.18. The molecule has 2 aromatic carbocycles. The normalized spacial score (nSPS) is 12.4. The molecule has 0 aliphatic rings. The van der Waals surface area contributed by atoms with Crippen molar-refractivity contribution in [3.8, 4) is 11.5 Å². The van der Waals surface area contributed by atoms with Crippen LogP contribution in [0.2, 0.25) is 0 Å². The van der Waals surface area contributed by atoms with Gasteiger partial charge in [-0.25, -0.2) is 0 Å². The lowest BCUT2D eigenvalue weighted by Gasteiger charge is -2.26. The largest absolute Gasteiger partial charge is 0.497 e. The molecule has 144 valence electrons.